The van der Waals surface area contributed by atoms with Gasteiger partial charge in [0.05, 0.1) is 5.69 Å². The first kappa shape index (κ1) is 20.0. The summed E-state index contributed by atoms with van der Waals surface area (Å²) in [4.78, 5) is 36.5. The van der Waals surface area contributed by atoms with Crippen molar-refractivity contribution < 1.29 is 14.4 Å². The van der Waals surface area contributed by atoms with E-state index in [4.69, 9.17) is 0 Å². The fraction of sp³-hybridized carbons (Fsp3) is 0.182. The van der Waals surface area contributed by atoms with Crippen molar-refractivity contribution in [3.8, 4) is 5.69 Å². The third kappa shape index (κ3) is 4.76. The molecular formula is C22H22N4O3. The molecule has 0 atom stereocenters. The summed E-state index contributed by atoms with van der Waals surface area (Å²) in [6.45, 7) is 5.04. The van der Waals surface area contributed by atoms with Gasteiger partial charge in [0.2, 0.25) is 5.91 Å². The zero-order chi connectivity index (χ0) is 21.0. The number of hydrogen-bond donors (Lipinski definition) is 2. The topological polar surface area (TPSA) is 93.1 Å². The Balaban J connectivity index is 1.92. The number of carbonyl (C=O) groups excluding carboxylic acids is 3. The van der Waals surface area contributed by atoms with Crippen LogP contribution in [0.5, 0.6) is 0 Å². The first-order chi connectivity index (χ1) is 13.8. The summed E-state index contributed by atoms with van der Waals surface area (Å²) in [5, 5.41) is 9.92. The summed E-state index contributed by atoms with van der Waals surface area (Å²) in [5.74, 6) is -0.532. The van der Waals surface area contributed by atoms with Gasteiger partial charge in [-0.15, -0.1) is 0 Å². The maximum absolute atomic E-state index is 12.7. The average molecular weight is 390 g/mol. The molecule has 2 amide bonds. The summed E-state index contributed by atoms with van der Waals surface area (Å²) in [5.41, 5.74) is 1.84. The fourth-order valence-electron chi connectivity index (χ4n) is 2.63. The van der Waals surface area contributed by atoms with E-state index in [0.29, 0.717) is 22.8 Å². The SMILES string of the molecule is CC(=O)c1cccc(NC(=O)c2cc(NC(=O)C(C)C)n(-c3ccccc3)n2)c1. The molecular weight excluding hydrogens is 368 g/mol. The van der Waals surface area contributed by atoms with Gasteiger partial charge in [0.1, 0.15) is 5.82 Å². The van der Waals surface area contributed by atoms with Crippen LogP contribution in [-0.4, -0.2) is 27.4 Å². The van der Waals surface area contributed by atoms with E-state index in [9.17, 15) is 14.4 Å². The summed E-state index contributed by atoms with van der Waals surface area (Å²) in [6.07, 6.45) is 0. The van der Waals surface area contributed by atoms with Crippen LogP contribution in [0.25, 0.3) is 5.69 Å². The zero-order valence-electron chi connectivity index (χ0n) is 16.5. The van der Waals surface area contributed by atoms with Gasteiger partial charge in [0.15, 0.2) is 11.5 Å². The average Bonchev–Trinajstić information content (AvgIpc) is 3.12. The van der Waals surface area contributed by atoms with Crippen molar-refractivity contribution in [1.29, 1.82) is 0 Å². The first-order valence-electron chi connectivity index (χ1n) is 9.24. The maximum Gasteiger partial charge on any atom is 0.276 e. The number of aromatic nitrogens is 2. The number of carbonyl (C=O) groups is 3. The molecule has 0 aliphatic rings. The van der Waals surface area contributed by atoms with Crippen molar-refractivity contribution in [2.24, 2.45) is 5.92 Å². The van der Waals surface area contributed by atoms with Crippen LogP contribution in [0.1, 0.15) is 41.6 Å². The molecule has 0 bridgehead atoms. The molecule has 3 rings (SSSR count). The Hall–Kier alpha value is -3.74. The third-order valence-corrected chi connectivity index (χ3v) is 4.25. The number of nitrogens with one attached hydrogen (secondary N) is 2. The molecule has 0 aliphatic heterocycles. The minimum atomic E-state index is -0.444. The second-order valence-electron chi connectivity index (χ2n) is 6.90. The summed E-state index contributed by atoms with van der Waals surface area (Å²) < 4.78 is 1.52. The molecule has 0 saturated heterocycles. The van der Waals surface area contributed by atoms with E-state index in [1.54, 1.807) is 38.1 Å². The molecule has 0 fully saturated rings. The standard InChI is InChI=1S/C22H22N4O3/c1-14(2)21(28)24-20-13-19(25-26(20)18-10-5-4-6-11-18)22(29)23-17-9-7-8-16(12-17)15(3)27/h4-14H,1-3H3,(H,23,29)(H,24,28). The zero-order valence-corrected chi connectivity index (χ0v) is 16.5. The van der Waals surface area contributed by atoms with E-state index in [-0.39, 0.29) is 23.3 Å². The number of anilines is 2. The molecule has 29 heavy (non-hydrogen) atoms. The van der Waals surface area contributed by atoms with Crippen LogP contribution in [0, 0.1) is 5.92 Å². The highest BCUT2D eigenvalue weighted by Crippen LogP contribution is 2.19. The summed E-state index contributed by atoms with van der Waals surface area (Å²) >= 11 is 0. The smallest absolute Gasteiger partial charge is 0.276 e. The van der Waals surface area contributed by atoms with E-state index in [1.807, 2.05) is 30.3 Å². The maximum atomic E-state index is 12.7. The normalized spacial score (nSPS) is 10.6. The Kier molecular flexibility index (Phi) is 5.87. The lowest BCUT2D eigenvalue weighted by Gasteiger charge is -2.10. The van der Waals surface area contributed by atoms with Gasteiger partial charge in [-0.05, 0) is 31.2 Å². The molecule has 7 heteroatoms. The second kappa shape index (κ2) is 8.52. The van der Waals surface area contributed by atoms with Crippen LogP contribution >= 0.6 is 0 Å². The number of Topliss-reactive ketones (excluding diaryl/α,β-unsaturated/α-hetero) is 1. The molecule has 2 N–H and O–H groups in total. The van der Waals surface area contributed by atoms with Gasteiger partial charge < -0.3 is 10.6 Å². The van der Waals surface area contributed by atoms with Gasteiger partial charge in [-0.25, -0.2) is 4.68 Å². The van der Waals surface area contributed by atoms with Gasteiger partial charge in [0.25, 0.3) is 5.91 Å². The molecule has 0 saturated carbocycles. The molecule has 2 aromatic carbocycles. The van der Waals surface area contributed by atoms with Crippen LogP contribution in [0.4, 0.5) is 11.5 Å². The van der Waals surface area contributed by atoms with Crippen molar-refractivity contribution in [3.05, 3.63) is 71.9 Å². The van der Waals surface area contributed by atoms with Crippen molar-refractivity contribution in [1.82, 2.24) is 9.78 Å². The Morgan fingerprint density at radius 3 is 2.31 bits per heavy atom. The lowest BCUT2D eigenvalue weighted by Crippen LogP contribution is -2.19. The monoisotopic (exact) mass is 390 g/mol. The van der Waals surface area contributed by atoms with Crippen LogP contribution in [-0.2, 0) is 4.79 Å². The number of ketones is 1. The van der Waals surface area contributed by atoms with Crippen molar-refractivity contribution >= 4 is 29.1 Å². The molecule has 1 aromatic heterocycles. The minimum Gasteiger partial charge on any atom is -0.321 e. The molecule has 148 valence electrons. The molecule has 3 aromatic rings. The number of benzene rings is 2. The molecule has 0 aliphatic carbocycles. The largest absolute Gasteiger partial charge is 0.321 e. The van der Waals surface area contributed by atoms with Crippen LogP contribution in [0.3, 0.4) is 0 Å². The lowest BCUT2D eigenvalue weighted by atomic mass is 10.1. The fourth-order valence-corrected chi connectivity index (χ4v) is 2.63. The van der Waals surface area contributed by atoms with Crippen molar-refractivity contribution in [3.63, 3.8) is 0 Å². The van der Waals surface area contributed by atoms with Crippen molar-refractivity contribution in [2.75, 3.05) is 10.6 Å². The molecule has 0 spiro atoms. The highest BCUT2D eigenvalue weighted by Gasteiger charge is 2.18. The molecule has 1 heterocycles. The van der Waals surface area contributed by atoms with Crippen LogP contribution in [0.15, 0.2) is 60.7 Å². The summed E-state index contributed by atoms with van der Waals surface area (Å²) in [6, 6.07) is 17.4. The quantitative estimate of drug-likeness (QED) is 0.624. The number of nitrogens with zero attached hydrogens (tertiary/aromatic N) is 2. The van der Waals surface area contributed by atoms with E-state index in [2.05, 4.69) is 15.7 Å². The van der Waals surface area contributed by atoms with Gasteiger partial charge in [-0.1, -0.05) is 44.2 Å². The van der Waals surface area contributed by atoms with E-state index >= 15 is 0 Å². The number of amides is 2. The van der Waals surface area contributed by atoms with Gasteiger partial charge in [-0.3, -0.25) is 14.4 Å². The Bertz CT molecular complexity index is 1050. The van der Waals surface area contributed by atoms with Gasteiger partial charge >= 0.3 is 0 Å². The third-order valence-electron chi connectivity index (χ3n) is 4.25. The van der Waals surface area contributed by atoms with Gasteiger partial charge in [0, 0.05) is 23.2 Å². The molecule has 7 nitrogen and oxygen atoms in total. The number of hydrogen-bond acceptors (Lipinski definition) is 4. The molecule has 0 unspecified atom stereocenters. The van der Waals surface area contributed by atoms with Crippen LogP contribution in [0.2, 0.25) is 0 Å². The number of para-hydroxylation sites is 1. The Labute approximate surface area is 168 Å². The van der Waals surface area contributed by atoms with E-state index in [0.717, 1.165) is 0 Å². The van der Waals surface area contributed by atoms with E-state index < -0.39 is 5.91 Å². The number of rotatable bonds is 6. The lowest BCUT2D eigenvalue weighted by molar-refractivity contribution is -0.118. The Morgan fingerprint density at radius 2 is 1.66 bits per heavy atom. The van der Waals surface area contributed by atoms with Gasteiger partial charge in [-0.2, -0.15) is 5.10 Å². The summed E-state index contributed by atoms with van der Waals surface area (Å²) in [7, 11) is 0. The minimum absolute atomic E-state index is 0.0897. The van der Waals surface area contributed by atoms with Crippen LogP contribution < -0.4 is 10.6 Å². The van der Waals surface area contributed by atoms with E-state index in [1.165, 1.54) is 17.7 Å². The molecule has 0 radical (unpaired) electrons. The van der Waals surface area contributed by atoms with Crippen molar-refractivity contribution in [2.45, 2.75) is 20.8 Å². The predicted molar refractivity (Wildman–Crippen MR) is 111 cm³/mol. The first-order valence-corrected chi connectivity index (χ1v) is 9.24. The second-order valence-corrected chi connectivity index (χ2v) is 6.90. The Morgan fingerprint density at radius 1 is 0.931 bits per heavy atom. The highest BCUT2D eigenvalue weighted by atomic mass is 16.2. The highest BCUT2D eigenvalue weighted by molar-refractivity contribution is 6.05. The predicted octanol–water partition coefficient (Wildman–Crippen LogP) is 3.92.